The molecule has 1 unspecified atom stereocenters. The van der Waals surface area contributed by atoms with Crippen molar-refractivity contribution in [2.75, 3.05) is 13.1 Å². The summed E-state index contributed by atoms with van der Waals surface area (Å²) in [4.78, 5) is 4.46. The monoisotopic (exact) mass is 339 g/mol. The molecule has 0 aliphatic carbocycles. The van der Waals surface area contributed by atoms with Crippen molar-refractivity contribution in [2.45, 2.75) is 25.2 Å². The van der Waals surface area contributed by atoms with Crippen LogP contribution < -0.4 is 5.32 Å². The van der Waals surface area contributed by atoms with Crippen molar-refractivity contribution in [1.29, 1.82) is 0 Å². The van der Waals surface area contributed by atoms with Crippen molar-refractivity contribution in [3.8, 4) is 11.4 Å². The number of benzene rings is 1. The van der Waals surface area contributed by atoms with Gasteiger partial charge in [-0.3, -0.25) is 0 Å². The Bertz CT molecular complexity index is 623. The molecule has 1 aromatic heterocycles. The maximum Gasteiger partial charge on any atom is 0.234 e. The molecule has 0 amide bonds. The van der Waals surface area contributed by atoms with Gasteiger partial charge < -0.3 is 9.84 Å². The topological polar surface area (TPSA) is 51.0 Å². The molecular formula is C14H15BrFN3O. The highest BCUT2D eigenvalue weighted by atomic mass is 79.9. The minimum atomic E-state index is -0.319. The fourth-order valence-corrected chi connectivity index (χ4v) is 2.91. The lowest BCUT2D eigenvalue weighted by molar-refractivity contribution is 0.245. The van der Waals surface area contributed by atoms with Crippen LogP contribution in [0.3, 0.4) is 0 Å². The van der Waals surface area contributed by atoms with Gasteiger partial charge in [-0.2, -0.15) is 4.98 Å². The maximum absolute atomic E-state index is 13.4. The highest BCUT2D eigenvalue weighted by Gasteiger charge is 2.34. The lowest BCUT2D eigenvalue weighted by atomic mass is 9.83. The zero-order chi connectivity index (χ0) is 14.2. The molecule has 0 bridgehead atoms. The Morgan fingerprint density at radius 2 is 2.30 bits per heavy atom. The second-order valence-electron chi connectivity index (χ2n) is 5.39. The lowest BCUT2D eigenvalue weighted by Crippen LogP contribution is -2.41. The molecule has 0 spiro atoms. The van der Waals surface area contributed by atoms with Gasteiger partial charge in [-0.1, -0.05) is 21.1 Å². The Morgan fingerprint density at radius 3 is 3.05 bits per heavy atom. The molecule has 6 heteroatoms. The summed E-state index contributed by atoms with van der Waals surface area (Å²) in [5.41, 5.74) is 0.455. The van der Waals surface area contributed by atoms with E-state index in [1.54, 1.807) is 6.07 Å². The van der Waals surface area contributed by atoms with Gasteiger partial charge in [0, 0.05) is 16.6 Å². The molecular weight excluding hydrogens is 325 g/mol. The molecule has 4 nitrogen and oxygen atoms in total. The summed E-state index contributed by atoms with van der Waals surface area (Å²) in [5.74, 6) is 0.703. The van der Waals surface area contributed by atoms with E-state index >= 15 is 0 Å². The largest absolute Gasteiger partial charge is 0.338 e. The average molecular weight is 340 g/mol. The molecule has 1 aromatic carbocycles. The van der Waals surface area contributed by atoms with Crippen LogP contribution in [0.15, 0.2) is 27.2 Å². The van der Waals surface area contributed by atoms with Gasteiger partial charge >= 0.3 is 0 Å². The average Bonchev–Trinajstić information content (AvgIpc) is 2.93. The van der Waals surface area contributed by atoms with Crippen molar-refractivity contribution >= 4 is 15.9 Å². The molecule has 0 radical (unpaired) electrons. The first-order valence-electron chi connectivity index (χ1n) is 6.59. The van der Waals surface area contributed by atoms with E-state index in [-0.39, 0.29) is 11.2 Å². The van der Waals surface area contributed by atoms with Crippen LogP contribution >= 0.6 is 15.9 Å². The highest BCUT2D eigenvalue weighted by molar-refractivity contribution is 9.10. The fourth-order valence-electron chi connectivity index (χ4n) is 2.49. The summed E-state index contributed by atoms with van der Waals surface area (Å²) in [7, 11) is 0. The Hall–Kier alpha value is -1.27. The van der Waals surface area contributed by atoms with Gasteiger partial charge in [0.15, 0.2) is 0 Å². The molecule has 2 heterocycles. The second-order valence-corrected chi connectivity index (χ2v) is 6.24. The van der Waals surface area contributed by atoms with Crippen LogP contribution in [0.1, 0.15) is 25.7 Å². The fraction of sp³-hybridized carbons (Fsp3) is 0.429. The molecule has 0 saturated carbocycles. The van der Waals surface area contributed by atoms with Crippen LogP contribution in [-0.4, -0.2) is 23.2 Å². The van der Waals surface area contributed by atoms with Crippen LogP contribution in [0.4, 0.5) is 4.39 Å². The Morgan fingerprint density at radius 1 is 1.45 bits per heavy atom. The van der Waals surface area contributed by atoms with Gasteiger partial charge in [0.2, 0.25) is 11.7 Å². The number of halogens is 2. The summed E-state index contributed by atoms with van der Waals surface area (Å²) in [6, 6.07) is 4.44. The molecule has 3 rings (SSSR count). The van der Waals surface area contributed by atoms with E-state index in [0.29, 0.717) is 17.3 Å². The van der Waals surface area contributed by atoms with E-state index in [4.69, 9.17) is 4.52 Å². The molecule has 106 valence electrons. The van der Waals surface area contributed by atoms with E-state index in [0.717, 1.165) is 30.4 Å². The normalized spacial score (nSPS) is 22.9. The molecule has 1 fully saturated rings. The Labute approximate surface area is 124 Å². The van der Waals surface area contributed by atoms with Crippen molar-refractivity contribution in [2.24, 2.45) is 0 Å². The third-order valence-electron chi connectivity index (χ3n) is 3.71. The number of rotatable bonds is 2. The predicted molar refractivity (Wildman–Crippen MR) is 76.8 cm³/mol. The van der Waals surface area contributed by atoms with Crippen LogP contribution in [0.5, 0.6) is 0 Å². The zero-order valence-electron chi connectivity index (χ0n) is 11.1. The number of hydrogen-bond acceptors (Lipinski definition) is 4. The van der Waals surface area contributed by atoms with Gasteiger partial charge in [0.05, 0.1) is 5.41 Å². The first-order chi connectivity index (χ1) is 9.58. The Balaban J connectivity index is 1.95. The van der Waals surface area contributed by atoms with Crippen molar-refractivity contribution in [3.63, 3.8) is 0 Å². The SMILES string of the molecule is CC1(c2nc(-c3cc(F)ccc3Br)no2)CCCNC1. The predicted octanol–water partition coefficient (Wildman–Crippen LogP) is 3.28. The van der Waals surface area contributed by atoms with E-state index in [2.05, 4.69) is 38.3 Å². The molecule has 1 aliphatic rings. The number of hydrogen-bond donors (Lipinski definition) is 1. The number of piperidine rings is 1. The first kappa shape index (κ1) is 13.7. The summed E-state index contributed by atoms with van der Waals surface area (Å²) < 4.78 is 19.5. The second kappa shape index (κ2) is 5.26. The van der Waals surface area contributed by atoms with Gasteiger partial charge in [-0.25, -0.2) is 4.39 Å². The van der Waals surface area contributed by atoms with E-state index < -0.39 is 0 Å². The first-order valence-corrected chi connectivity index (χ1v) is 7.38. The quantitative estimate of drug-likeness (QED) is 0.912. The van der Waals surface area contributed by atoms with Gasteiger partial charge in [-0.15, -0.1) is 0 Å². The third-order valence-corrected chi connectivity index (χ3v) is 4.40. The summed E-state index contributed by atoms with van der Waals surface area (Å²) in [5, 5.41) is 7.34. The van der Waals surface area contributed by atoms with E-state index in [1.807, 2.05) is 0 Å². The number of nitrogens with zero attached hydrogens (tertiary/aromatic N) is 2. The standard InChI is InChI=1S/C14H15BrFN3O/c1-14(5-2-6-17-8-14)13-18-12(19-20-13)10-7-9(16)3-4-11(10)15/h3-4,7,17H,2,5-6,8H2,1H3. The van der Waals surface area contributed by atoms with Crippen LogP contribution in [0, 0.1) is 5.82 Å². The third kappa shape index (κ3) is 2.50. The van der Waals surface area contributed by atoms with Gasteiger partial charge in [0.25, 0.3) is 0 Å². The minimum absolute atomic E-state index is 0.150. The summed E-state index contributed by atoms with van der Waals surface area (Å²) in [6.45, 7) is 3.95. The molecule has 1 atom stereocenters. The van der Waals surface area contributed by atoms with E-state index in [9.17, 15) is 4.39 Å². The van der Waals surface area contributed by atoms with Crippen molar-refractivity contribution in [1.82, 2.24) is 15.5 Å². The molecule has 1 saturated heterocycles. The highest BCUT2D eigenvalue weighted by Crippen LogP contribution is 2.32. The summed E-state index contributed by atoms with van der Waals surface area (Å²) in [6.07, 6.45) is 2.09. The molecule has 20 heavy (non-hydrogen) atoms. The lowest BCUT2D eigenvalue weighted by Gasteiger charge is -2.30. The molecule has 1 N–H and O–H groups in total. The smallest absolute Gasteiger partial charge is 0.234 e. The zero-order valence-corrected chi connectivity index (χ0v) is 12.7. The van der Waals surface area contributed by atoms with Crippen LogP contribution in [-0.2, 0) is 5.41 Å². The van der Waals surface area contributed by atoms with Crippen molar-refractivity contribution in [3.05, 3.63) is 34.4 Å². The van der Waals surface area contributed by atoms with E-state index in [1.165, 1.54) is 12.1 Å². The number of aromatic nitrogens is 2. The summed E-state index contributed by atoms with van der Waals surface area (Å²) >= 11 is 3.39. The maximum atomic E-state index is 13.4. The minimum Gasteiger partial charge on any atom is -0.338 e. The van der Waals surface area contributed by atoms with Crippen LogP contribution in [0.2, 0.25) is 0 Å². The van der Waals surface area contributed by atoms with Gasteiger partial charge in [-0.05, 0) is 44.5 Å². The van der Waals surface area contributed by atoms with Crippen molar-refractivity contribution < 1.29 is 8.91 Å². The van der Waals surface area contributed by atoms with Gasteiger partial charge in [0.1, 0.15) is 5.82 Å². The molecule has 2 aromatic rings. The number of nitrogens with one attached hydrogen (secondary N) is 1. The molecule has 1 aliphatic heterocycles. The van der Waals surface area contributed by atoms with Crippen LogP contribution in [0.25, 0.3) is 11.4 Å². The Kier molecular flexibility index (Phi) is 3.60.